The van der Waals surface area contributed by atoms with E-state index in [2.05, 4.69) is 37.2 Å². The van der Waals surface area contributed by atoms with Crippen molar-refractivity contribution in [2.75, 3.05) is 0 Å². The van der Waals surface area contributed by atoms with Crippen molar-refractivity contribution in [1.82, 2.24) is 4.98 Å². The quantitative estimate of drug-likeness (QED) is 0.0709. The largest absolute Gasteiger partial charge is 0.261 e. The molecule has 1 aromatic rings. The molecule has 1 heterocycles. The molecule has 1 rings (SSSR count). The second-order valence-corrected chi connectivity index (χ2v) is 14.1. The molecule has 0 unspecified atom stereocenters. The maximum absolute atomic E-state index is 4.67. The highest BCUT2D eigenvalue weighted by atomic mass is 14.7. The van der Waals surface area contributed by atoms with E-state index in [1.54, 1.807) is 0 Å². The number of aromatic nitrogens is 1. The summed E-state index contributed by atoms with van der Waals surface area (Å²) in [5, 5.41) is 0. The van der Waals surface area contributed by atoms with E-state index < -0.39 is 0 Å². The molecule has 1 aromatic heterocycles. The van der Waals surface area contributed by atoms with Crippen LogP contribution in [-0.4, -0.2) is 4.98 Å². The van der Waals surface area contributed by atoms with Crippen LogP contribution in [0.25, 0.3) is 0 Å². The fourth-order valence-electron chi connectivity index (χ4n) is 6.73. The summed E-state index contributed by atoms with van der Waals surface area (Å²) in [5.74, 6) is 0. The van der Waals surface area contributed by atoms with Gasteiger partial charge in [-0.05, 0) is 43.4 Å². The predicted octanol–water partition coefficient (Wildman–Crippen LogP) is 15.1. The molecule has 0 aliphatic carbocycles. The summed E-state index contributed by atoms with van der Waals surface area (Å²) >= 11 is 0. The summed E-state index contributed by atoms with van der Waals surface area (Å²) in [7, 11) is 0. The Morgan fingerprint density at radius 2 is 0.628 bits per heavy atom. The molecule has 1 heteroatoms. The summed E-state index contributed by atoms with van der Waals surface area (Å²) in [6.45, 7) is 4.61. The van der Waals surface area contributed by atoms with Gasteiger partial charge in [-0.25, -0.2) is 0 Å². The maximum Gasteiger partial charge on any atom is 0.0406 e. The Hall–Kier alpha value is -0.850. The average molecular weight is 598 g/mol. The van der Waals surface area contributed by atoms with Gasteiger partial charge in [-0.1, -0.05) is 213 Å². The van der Waals surface area contributed by atoms with Crippen LogP contribution in [0.3, 0.4) is 0 Å². The number of hydrogen-bond donors (Lipinski definition) is 0. The third kappa shape index (κ3) is 29.6. The highest BCUT2D eigenvalue weighted by Gasteiger charge is 2.01. The van der Waals surface area contributed by atoms with Crippen molar-refractivity contribution in [3.63, 3.8) is 0 Å². The Balaban J connectivity index is 1.84. The van der Waals surface area contributed by atoms with Gasteiger partial charge in [-0.15, -0.1) is 0 Å². The number of hydrogen-bond acceptors (Lipinski definition) is 1. The van der Waals surface area contributed by atoms with Crippen molar-refractivity contribution in [2.45, 2.75) is 239 Å². The van der Waals surface area contributed by atoms with Crippen molar-refractivity contribution < 1.29 is 0 Å². The van der Waals surface area contributed by atoms with Crippen molar-refractivity contribution in [3.8, 4) is 0 Å². The molecule has 0 N–H and O–H groups in total. The summed E-state index contributed by atoms with van der Waals surface area (Å²) in [5.41, 5.74) is 2.84. The normalized spacial score (nSPS) is 11.5. The minimum atomic E-state index is 1.17. The van der Waals surface area contributed by atoms with Crippen LogP contribution in [0.1, 0.15) is 237 Å². The standard InChI is InChI=1S/C42H79N/c1-3-5-7-9-11-13-15-17-19-21-23-25-27-29-31-33-35-37-42-40-41(38-39-43-42)36-34-32-30-28-26-24-22-20-18-16-14-12-10-8-6-4-2/h38-40H,3-37H2,1-2H3. The van der Waals surface area contributed by atoms with Crippen LogP contribution in [0.15, 0.2) is 18.3 Å². The minimum Gasteiger partial charge on any atom is -0.261 e. The zero-order chi connectivity index (χ0) is 30.7. The van der Waals surface area contributed by atoms with Crippen LogP contribution in [0.4, 0.5) is 0 Å². The van der Waals surface area contributed by atoms with Crippen molar-refractivity contribution >= 4 is 0 Å². The molecular formula is C42H79N. The van der Waals surface area contributed by atoms with E-state index >= 15 is 0 Å². The fourth-order valence-corrected chi connectivity index (χ4v) is 6.73. The first-order valence-corrected chi connectivity index (χ1v) is 20.3. The average Bonchev–Trinajstić information content (AvgIpc) is 3.02. The molecule has 0 bridgehead atoms. The molecule has 0 atom stereocenters. The topological polar surface area (TPSA) is 12.9 Å². The van der Waals surface area contributed by atoms with Gasteiger partial charge in [0.2, 0.25) is 0 Å². The van der Waals surface area contributed by atoms with Gasteiger partial charge < -0.3 is 0 Å². The molecule has 1 nitrogen and oxygen atoms in total. The molecule has 0 aliphatic rings. The number of aryl methyl sites for hydroxylation is 2. The monoisotopic (exact) mass is 598 g/mol. The van der Waals surface area contributed by atoms with E-state index in [1.807, 2.05) is 0 Å². The predicted molar refractivity (Wildman–Crippen MR) is 195 cm³/mol. The first kappa shape index (κ1) is 40.2. The Bertz CT molecular complexity index is 652. The van der Waals surface area contributed by atoms with Gasteiger partial charge in [0.05, 0.1) is 0 Å². The SMILES string of the molecule is CCCCCCCCCCCCCCCCCCCc1cc(CCCCCCCCCCCCCCCCCC)ccn1. The van der Waals surface area contributed by atoms with Crippen LogP contribution in [0, 0.1) is 0 Å². The number of pyridine rings is 1. The highest BCUT2D eigenvalue weighted by molar-refractivity contribution is 5.16. The van der Waals surface area contributed by atoms with E-state index in [0.717, 1.165) is 0 Å². The van der Waals surface area contributed by atoms with Crippen LogP contribution in [0.2, 0.25) is 0 Å². The van der Waals surface area contributed by atoms with Gasteiger partial charge in [-0.3, -0.25) is 4.98 Å². The summed E-state index contributed by atoms with van der Waals surface area (Å²) < 4.78 is 0. The van der Waals surface area contributed by atoms with Gasteiger partial charge >= 0.3 is 0 Å². The zero-order valence-electron chi connectivity index (χ0n) is 29.9. The van der Waals surface area contributed by atoms with Crippen LogP contribution >= 0.6 is 0 Å². The second kappa shape index (κ2) is 34.0. The van der Waals surface area contributed by atoms with E-state index in [-0.39, 0.29) is 0 Å². The highest BCUT2D eigenvalue weighted by Crippen LogP contribution is 2.17. The molecule has 0 fully saturated rings. The van der Waals surface area contributed by atoms with Gasteiger partial charge in [0.15, 0.2) is 0 Å². The number of nitrogens with zero attached hydrogens (tertiary/aromatic N) is 1. The van der Waals surface area contributed by atoms with Crippen LogP contribution < -0.4 is 0 Å². The molecule has 0 aliphatic heterocycles. The summed E-state index contributed by atoms with van der Waals surface area (Å²) in [6.07, 6.45) is 52.0. The van der Waals surface area contributed by atoms with Gasteiger partial charge in [-0.2, -0.15) is 0 Å². The van der Waals surface area contributed by atoms with Crippen LogP contribution in [-0.2, 0) is 12.8 Å². The van der Waals surface area contributed by atoms with Crippen molar-refractivity contribution in [3.05, 3.63) is 29.6 Å². The third-order valence-corrected chi connectivity index (χ3v) is 9.74. The van der Waals surface area contributed by atoms with E-state index in [1.165, 1.54) is 236 Å². The molecular weight excluding hydrogens is 518 g/mol. The lowest BCUT2D eigenvalue weighted by Crippen LogP contribution is -1.94. The van der Waals surface area contributed by atoms with Gasteiger partial charge in [0.25, 0.3) is 0 Å². The lowest BCUT2D eigenvalue weighted by atomic mass is 10.0. The van der Waals surface area contributed by atoms with E-state index in [4.69, 9.17) is 0 Å². The summed E-state index contributed by atoms with van der Waals surface area (Å²) in [4.78, 5) is 4.67. The first-order chi connectivity index (χ1) is 21.4. The molecule has 43 heavy (non-hydrogen) atoms. The lowest BCUT2D eigenvalue weighted by Gasteiger charge is -2.06. The Morgan fingerprint density at radius 1 is 0.349 bits per heavy atom. The lowest BCUT2D eigenvalue weighted by molar-refractivity contribution is 0.527. The molecule has 0 aromatic carbocycles. The minimum absolute atomic E-state index is 1.17. The smallest absolute Gasteiger partial charge is 0.0406 e. The van der Waals surface area contributed by atoms with Crippen molar-refractivity contribution in [1.29, 1.82) is 0 Å². The molecule has 252 valence electrons. The molecule has 0 radical (unpaired) electrons. The molecule has 0 saturated carbocycles. The van der Waals surface area contributed by atoms with Crippen molar-refractivity contribution in [2.24, 2.45) is 0 Å². The van der Waals surface area contributed by atoms with Gasteiger partial charge in [0.1, 0.15) is 0 Å². The number of rotatable bonds is 35. The Labute approximate surface area is 272 Å². The first-order valence-electron chi connectivity index (χ1n) is 20.3. The fraction of sp³-hybridized carbons (Fsp3) is 0.881. The Kier molecular flexibility index (Phi) is 31.8. The Morgan fingerprint density at radius 3 is 0.953 bits per heavy atom. The maximum atomic E-state index is 4.67. The van der Waals surface area contributed by atoms with E-state index in [0.29, 0.717) is 0 Å². The summed E-state index contributed by atoms with van der Waals surface area (Å²) in [6, 6.07) is 4.65. The zero-order valence-corrected chi connectivity index (χ0v) is 29.9. The molecule has 0 saturated heterocycles. The van der Waals surface area contributed by atoms with Crippen LogP contribution in [0.5, 0.6) is 0 Å². The molecule has 0 spiro atoms. The van der Waals surface area contributed by atoms with Gasteiger partial charge in [0, 0.05) is 11.9 Å². The molecule has 0 amide bonds. The third-order valence-electron chi connectivity index (χ3n) is 9.74. The van der Waals surface area contributed by atoms with E-state index in [9.17, 15) is 0 Å². The number of unbranched alkanes of at least 4 members (excludes halogenated alkanes) is 31. The second-order valence-electron chi connectivity index (χ2n) is 14.1.